The van der Waals surface area contributed by atoms with Crippen LogP contribution in [-0.4, -0.2) is 16.7 Å². The van der Waals surface area contributed by atoms with Crippen LogP contribution in [0.15, 0.2) is 77.2 Å². The summed E-state index contributed by atoms with van der Waals surface area (Å²) in [6.45, 7) is 1.50. The Balaban J connectivity index is 1.73. The van der Waals surface area contributed by atoms with Crippen molar-refractivity contribution in [1.29, 1.82) is 0 Å². The van der Waals surface area contributed by atoms with Crippen molar-refractivity contribution < 1.29 is 18.9 Å². The number of nitro groups is 1. The topological polar surface area (TPSA) is 114 Å². The van der Waals surface area contributed by atoms with Crippen molar-refractivity contribution in [3.63, 3.8) is 0 Å². The number of hydrogen-bond donors (Lipinski definition) is 2. The smallest absolute Gasteiger partial charge is 0.293 e. The number of furan rings is 1. The molecular weight excluding hydrogens is 398 g/mol. The van der Waals surface area contributed by atoms with Gasteiger partial charge in [-0.15, -0.1) is 0 Å². The van der Waals surface area contributed by atoms with Gasteiger partial charge in [0.05, 0.1) is 4.92 Å². The van der Waals surface area contributed by atoms with Crippen LogP contribution in [-0.2, 0) is 0 Å². The van der Waals surface area contributed by atoms with Gasteiger partial charge in [-0.05, 0) is 37.3 Å². The zero-order valence-corrected chi connectivity index (χ0v) is 16.4. The molecule has 3 aromatic carbocycles. The number of carbonyl (C=O) groups is 2. The summed E-state index contributed by atoms with van der Waals surface area (Å²) in [4.78, 5) is 36.5. The Morgan fingerprint density at radius 3 is 2.32 bits per heavy atom. The average molecular weight is 415 g/mol. The van der Waals surface area contributed by atoms with Gasteiger partial charge in [-0.1, -0.05) is 36.4 Å². The zero-order chi connectivity index (χ0) is 22.0. The first kappa shape index (κ1) is 19.8. The summed E-state index contributed by atoms with van der Waals surface area (Å²) in [6.07, 6.45) is 0. The third-order valence-corrected chi connectivity index (χ3v) is 4.82. The van der Waals surface area contributed by atoms with Crippen molar-refractivity contribution in [1.82, 2.24) is 0 Å². The maximum Gasteiger partial charge on any atom is 0.293 e. The average Bonchev–Trinajstić information content (AvgIpc) is 3.13. The monoisotopic (exact) mass is 415 g/mol. The number of hydrogen-bond acceptors (Lipinski definition) is 5. The second-order valence-electron chi connectivity index (χ2n) is 6.78. The number of nitrogens with zero attached hydrogens (tertiary/aromatic N) is 1. The molecule has 31 heavy (non-hydrogen) atoms. The van der Waals surface area contributed by atoms with Gasteiger partial charge in [-0.3, -0.25) is 19.7 Å². The largest absolute Gasteiger partial charge is 0.449 e. The molecule has 0 aliphatic carbocycles. The molecule has 8 nitrogen and oxygen atoms in total. The van der Waals surface area contributed by atoms with Crippen molar-refractivity contribution in [3.8, 4) is 0 Å². The lowest BCUT2D eigenvalue weighted by Gasteiger charge is -2.09. The lowest BCUT2D eigenvalue weighted by Crippen LogP contribution is -2.18. The Bertz CT molecular complexity index is 1310. The van der Waals surface area contributed by atoms with Gasteiger partial charge < -0.3 is 15.1 Å². The van der Waals surface area contributed by atoms with Gasteiger partial charge in [0.2, 0.25) is 5.76 Å². The van der Waals surface area contributed by atoms with Crippen LogP contribution in [0.3, 0.4) is 0 Å². The maximum atomic E-state index is 13.0. The molecule has 0 aliphatic rings. The molecule has 0 unspecified atom stereocenters. The lowest BCUT2D eigenvalue weighted by atomic mass is 10.1. The van der Waals surface area contributed by atoms with E-state index >= 15 is 0 Å². The predicted octanol–water partition coefficient (Wildman–Crippen LogP) is 5.15. The van der Waals surface area contributed by atoms with Crippen molar-refractivity contribution in [3.05, 3.63) is 99.8 Å². The van der Waals surface area contributed by atoms with E-state index in [0.717, 1.165) is 0 Å². The highest BCUT2D eigenvalue weighted by molar-refractivity contribution is 6.17. The van der Waals surface area contributed by atoms with Crippen LogP contribution in [0.25, 0.3) is 11.0 Å². The van der Waals surface area contributed by atoms with Gasteiger partial charge in [0.1, 0.15) is 11.3 Å². The van der Waals surface area contributed by atoms with E-state index in [1.807, 2.05) is 6.07 Å². The molecule has 0 atom stereocenters. The van der Waals surface area contributed by atoms with Gasteiger partial charge >= 0.3 is 0 Å². The molecule has 1 heterocycles. The number of carbonyl (C=O) groups excluding carboxylic acids is 2. The first-order chi connectivity index (χ1) is 15.0. The normalized spacial score (nSPS) is 10.6. The minimum atomic E-state index is -0.582. The second-order valence-corrected chi connectivity index (χ2v) is 6.78. The van der Waals surface area contributed by atoms with Crippen LogP contribution >= 0.6 is 0 Å². The summed E-state index contributed by atoms with van der Waals surface area (Å²) >= 11 is 0. The molecule has 0 fully saturated rings. The Labute approximate surface area is 176 Å². The first-order valence-corrected chi connectivity index (χ1v) is 9.39. The molecule has 4 rings (SSSR count). The molecule has 1 aromatic heterocycles. The Morgan fingerprint density at radius 2 is 1.58 bits per heavy atom. The summed E-state index contributed by atoms with van der Waals surface area (Å²) in [7, 11) is 0. The number of rotatable bonds is 5. The van der Waals surface area contributed by atoms with E-state index in [0.29, 0.717) is 16.7 Å². The molecule has 0 radical (unpaired) electrons. The molecule has 2 amide bonds. The van der Waals surface area contributed by atoms with Gasteiger partial charge in [0.15, 0.2) is 0 Å². The molecule has 0 aliphatic heterocycles. The number of benzene rings is 3. The van der Waals surface area contributed by atoms with Gasteiger partial charge in [-0.2, -0.15) is 0 Å². The summed E-state index contributed by atoms with van der Waals surface area (Å²) in [5, 5.41) is 17.2. The van der Waals surface area contributed by atoms with Crippen molar-refractivity contribution in [2.45, 2.75) is 6.92 Å². The van der Waals surface area contributed by atoms with Gasteiger partial charge in [-0.25, -0.2) is 0 Å². The molecule has 154 valence electrons. The van der Waals surface area contributed by atoms with E-state index in [4.69, 9.17) is 4.42 Å². The standard InChI is InChI=1S/C23H17N3O5/c1-14-16(11-7-12-18(14)26(29)30)22(27)25-20-17-10-5-6-13-19(17)31-21(20)23(28)24-15-8-3-2-4-9-15/h2-13H,1H3,(H,24,28)(H,25,27). The molecule has 2 N–H and O–H groups in total. The van der Waals surface area contributed by atoms with Crippen molar-refractivity contribution in [2.24, 2.45) is 0 Å². The van der Waals surface area contributed by atoms with Crippen molar-refractivity contribution >= 4 is 39.8 Å². The van der Waals surface area contributed by atoms with Crippen LogP contribution in [0.2, 0.25) is 0 Å². The van der Waals surface area contributed by atoms with Crippen LogP contribution in [0.5, 0.6) is 0 Å². The van der Waals surface area contributed by atoms with Crippen LogP contribution in [0.4, 0.5) is 17.1 Å². The fourth-order valence-electron chi connectivity index (χ4n) is 3.29. The molecule has 0 saturated heterocycles. The zero-order valence-electron chi connectivity index (χ0n) is 16.4. The number of fused-ring (bicyclic) bond motifs is 1. The van der Waals surface area contributed by atoms with E-state index in [2.05, 4.69) is 10.6 Å². The van der Waals surface area contributed by atoms with Crippen LogP contribution in [0.1, 0.15) is 26.5 Å². The number of amides is 2. The lowest BCUT2D eigenvalue weighted by molar-refractivity contribution is -0.385. The van der Waals surface area contributed by atoms with Gasteiger partial charge in [0, 0.05) is 28.3 Å². The first-order valence-electron chi connectivity index (χ1n) is 9.39. The number of nitro benzene ring substituents is 1. The van der Waals surface area contributed by atoms with E-state index < -0.39 is 16.7 Å². The van der Waals surface area contributed by atoms with Crippen molar-refractivity contribution in [2.75, 3.05) is 10.6 Å². The molecule has 8 heteroatoms. The van der Waals surface area contributed by atoms with E-state index in [1.165, 1.54) is 25.1 Å². The molecule has 0 spiro atoms. The Kier molecular flexibility index (Phi) is 5.19. The fraction of sp³-hybridized carbons (Fsp3) is 0.0435. The highest BCUT2D eigenvalue weighted by Crippen LogP contribution is 2.32. The third-order valence-electron chi connectivity index (χ3n) is 4.82. The van der Waals surface area contributed by atoms with Crippen LogP contribution < -0.4 is 10.6 Å². The molecule has 0 bridgehead atoms. The SMILES string of the molecule is Cc1c(C(=O)Nc2c(C(=O)Nc3ccccc3)oc3ccccc23)cccc1[N+](=O)[O-]. The Morgan fingerprint density at radius 1 is 0.871 bits per heavy atom. The minimum Gasteiger partial charge on any atom is -0.449 e. The minimum absolute atomic E-state index is 0.0681. The van der Waals surface area contributed by atoms with Gasteiger partial charge in [0.25, 0.3) is 17.5 Å². The highest BCUT2D eigenvalue weighted by atomic mass is 16.6. The summed E-state index contributed by atoms with van der Waals surface area (Å²) in [5.74, 6) is -1.18. The van der Waals surface area contributed by atoms with E-state index in [1.54, 1.807) is 48.5 Å². The maximum absolute atomic E-state index is 13.0. The van der Waals surface area contributed by atoms with Crippen LogP contribution in [0, 0.1) is 17.0 Å². The molecular formula is C23H17N3O5. The van der Waals surface area contributed by atoms with E-state index in [9.17, 15) is 19.7 Å². The number of para-hydroxylation sites is 2. The highest BCUT2D eigenvalue weighted by Gasteiger charge is 2.24. The number of anilines is 2. The molecule has 0 saturated carbocycles. The Hall–Kier alpha value is -4.46. The summed E-state index contributed by atoms with van der Waals surface area (Å²) in [5.41, 5.74) is 1.39. The van der Waals surface area contributed by atoms with E-state index in [-0.39, 0.29) is 28.3 Å². The fourth-order valence-corrected chi connectivity index (χ4v) is 3.29. The predicted molar refractivity (Wildman–Crippen MR) is 116 cm³/mol. The summed E-state index contributed by atoms with van der Waals surface area (Å²) in [6, 6.07) is 20.0. The molecule has 4 aromatic rings. The summed E-state index contributed by atoms with van der Waals surface area (Å²) < 4.78 is 5.73. The second kappa shape index (κ2) is 8.11. The third kappa shape index (κ3) is 3.86. The quantitative estimate of drug-likeness (QED) is 0.345. The number of nitrogens with one attached hydrogen (secondary N) is 2.